The second-order valence-corrected chi connectivity index (χ2v) is 8.92. The first-order valence-electron chi connectivity index (χ1n) is 9.00. The number of para-hydroxylation sites is 2. The number of nitrogens with one attached hydrogen (secondary N) is 1. The molecule has 0 radical (unpaired) electrons. The summed E-state index contributed by atoms with van der Waals surface area (Å²) in [7, 11) is -2.00. The Morgan fingerprint density at radius 3 is 2.43 bits per heavy atom. The number of aryl methyl sites for hydroxylation is 1. The molecule has 0 atom stereocenters. The molecule has 7 nitrogen and oxygen atoms in total. The van der Waals surface area contributed by atoms with Crippen molar-refractivity contribution in [1.29, 1.82) is 0 Å². The Morgan fingerprint density at radius 2 is 1.79 bits per heavy atom. The van der Waals surface area contributed by atoms with Gasteiger partial charge in [-0.05, 0) is 57.2 Å². The van der Waals surface area contributed by atoms with Crippen LogP contribution in [0.1, 0.15) is 19.7 Å². The predicted octanol–water partition coefficient (Wildman–Crippen LogP) is 3.01. The summed E-state index contributed by atoms with van der Waals surface area (Å²) < 4.78 is 28.2. The average Bonchev–Trinajstić information content (AvgIpc) is 2.96. The normalized spacial score (nSPS) is 12.1. The number of hydrogen-bond acceptors (Lipinski definition) is 4. The van der Waals surface area contributed by atoms with E-state index in [0.717, 1.165) is 16.9 Å². The third kappa shape index (κ3) is 3.93. The molecule has 1 heterocycles. The number of sulfonamides is 1. The zero-order valence-electron chi connectivity index (χ0n) is 16.4. The van der Waals surface area contributed by atoms with Crippen LogP contribution >= 0.6 is 0 Å². The Kier molecular flexibility index (Phi) is 5.53. The van der Waals surface area contributed by atoms with E-state index < -0.39 is 10.0 Å². The lowest BCUT2D eigenvalue weighted by Gasteiger charge is -2.21. The van der Waals surface area contributed by atoms with E-state index in [9.17, 15) is 13.2 Å². The van der Waals surface area contributed by atoms with Gasteiger partial charge in [-0.15, -0.1) is 0 Å². The molecule has 0 aliphatic carbocycles. The van der Waals surface area contributed by atoms with Gasteiger partial charge in [0.2, 0.25) is 15.9 Å². The molecule has 28 heavy (non-hydrogen) atoms. The zero-order chi connectivity index (χ0) is 20.5. The Morgan fingerprint density at radius 1 is 1.14 bits per heavy atom. The topological polar surface area (TPSA) is 84.3 Å². The molecule has 2 aromatic carbocycles. The van der Waals surface area contributed by atoms with E-state index in [4.69, 9.17) is 0 Å². The smallest absolute Gasteiger partial charge is 0.244 e. The van der Waals surface area contributed by atoms with Gasteiger partial charge in [-0.1, -0.05) is 12.1 Å². The van der Waals surface area contributed by atoms with Crippen molar-refractivity contribution >= 4 is 32.7 Å². The highest BCUT2D eigenvalue weighted by molar-refractivity contribution is 7.89. The standard InChI is InChI=1S/C20H24N4O3S/c1-14(2)23(4)28(26,27)17-11-9-16(10-12-17)22-20(25)13-24-15(3)21-18-7-5-6-8-19(18)24/h5-12,14H,13H2,1-4H3,(H,22,25). The fraction of sp³-hybridized carbons (Fsp3) is 0.300. The molecule has 8 heteroatoms. The molecule has 0 fully saturated rings. The Bertz CT molecular complexity index is 1100. The highest BCUT2D eigenvalue weighted by atomic mass is 32.2. The number of fused-ring (bicyclic) bond motifs is 1. The number of nitrogens with zero attached hydrogens (tertiary/aromatic N) is 3. The molecule has 148 valence electrons. The van der Waals surface area contributed by atoms with Crippen LogP contribution in [0.15, 0.2) is 53.4 Å². The predicted molar refractivity (Wildman–Crippen MR) is 110 cm³/mol. The van der Waals surface area contributed by atoms with Crippen molar-refractivity contribution < 1.29 is 13.2 Å². The molecule has 0 unspecified atom stereocenters. The van der Waals surface area contributed by atoms with Crippen molar-refractivity contribution in [2.45, 2.75) is 38.3 Å². The summed E-state index contributed by atoms with van der Waals surface area (Å²) in [5.74, 6) is 0.552. The molecule has 0 aliphatic rings. The van der Waals surface area contributed by atoms with E-state index in [1.165, 1.54) is 16.4 Å². The monoisotopic (exact) mass is 400 g/mol. The van der Waals surface area contributed by atoms with Gasteiger partial charge >= 0.3 is 0 Å². The van der Waals surface area contributed by atoms with Crippen LogP contribution in [0.4, 0.5) is 5.69 Å². The summed E-state index contributed by atoms with van der Waals surface area (Å²) in [6, 6.07) is 13.7. The molecule has 3 aromatic rings. The summed E-state index contributed by atoms with van der Waals surface area (Å²) >= 11 is 0. The van der Waals surface area contributed by atoms with Crippen molar-refractivity contribution in [2.24, 2.45) is 0 Å². The summed E-state index contributed by atoms with van der Waals surface area (Å²) in [5.41, 5.74) is 2.28. The Hall–Kier alpha value is -2.71. The van der Waals surface area contributed by atoms with Gasteiger partial charge in [0.25, 0.3) is 0 Å². The maximum Gasteiger partial charge on any atom is 0.244 e. The molecule has 0 saturated heterocycles. The Balaban J connectivity index is 1.74. The largest absolute Gasteiger partial charge is 0.325 e. The molecule has 1 amide bonds. The number of aromatic nitrogens is 2. The maximum absolute atomic E-state index is 12.5. The molecule has 0 bridgehead atoms. The molecule has 3 rings (SSSR count). The number of anilines is 1. The van der Waals surface area contributed by atoms with Crippen LogP contribution in [0.25, 0.3) is 11.0 Å². The van der Waals surface area contributed by atoms with Gasteiger partial charge in [-0.2, -0.15) is 4.31 Å². The number of carbonyl (C=O) groups excluding carboxylic acids is 1. The van der Waals surface area contributed by atoms with E-state index in [0.29, 0.717) is 5.69 Å². The van der Waals surface area contributed by atoms with Crippen LogP contribution in [0.2, 0.25) is 0 Å². The van der Waals surface area contributed by atoms with E-state index in [-0.39, 0.29) is 23.4 Å². The minimum atomic E-state index is -3.55. The van der Waals surface area contributed by atoms with Gasteiger partial charge in [0, 0.05) is 18.8 Å². The number of benzene rings is 2. The SMILES string of the molecule is Cc1nc2ccccc2n1CC(=O)Nc1ccc(S(=O)(=O)N(C)C(C)C)cc1. The van der Waals surface area contributed by atoms with Crippen molar-refractivity contribution in [1.82, 2.24) is 13.9 Å². The first kappa shape index (κ1) is 20.0. The van der Waals surface area contributed by atoms with E-state index in [1.807, 2.05) is 49.6 Å². The first-order valence-corrected chi connectivity index (χ1v) is 10.4. The van der Waals surface area contributed by atoms with Crippen molar-refractivity contribution in [3.63, 3.8) is 0 Å². The van der Waals surface area contributed by atoms with Crippen LogP contribution in [0.5, 0.6) is 0 Å². The third-order valence-electron chi connectivity index (χ3n) is 4.69. The van der Waals surface area contributed by atoms with Crippen LogP contribution in [0, 0.1) is 6.92 Å². The molecular weight excluding hydrogens is 376 g/mol. The third-order valence-corrected chi connectivity index (χ3v) is 6.74. The number of hydrogen-bond donors (Lipinski definition) is 1. The van der Waals surface area contributed by atoms with E-state index in [2.05, 4.69) is 10.3 Å². The number of carbonyl (C=O) groups is 1. The van der Waals surface area contributed by atoms with Gasteiger partial charge in [-0.25, -0.2) is 13.4 Å². The summed E-state index contributed by atoms with van der Waals surface area (Å²) in [4.78, 5) is 17.1. The summed E-state index contributed by atoms with van der Waals surface area (Å²) in [5, 5.41) is 2.81. The van der Waals surface area contributed by atoms with Crippen LogP contribution in [-0.2, 0) is 21.4 Å². The average molecular weight is 401 g/mol. The molecule has 0 aliphatic heterocycles. The molecule has 0 spiro atoms. The Labute approximate surface area is 165 Å². The maximum atomic E-state index is 12.5. The fourth-order valence-corrected chi connectivity index (χ4v) is 4.26. The summed E-state index contributed by atoms with van der Waals surface area (Å²) in [6.07, 6.45) is 0. The lowest BCUT2D eigenvalue weighted by molar-refractivity contribution is -0.116. The van der Waals surface area contributed by atoms with Crippen LogP contribution in [0.3, 0.4) is 0 Å². The van der Waals surface area contributed by atoms with Crippen LogP contribution < -0.4 is 5.32 Å². The molecule has 0 saturated carbocycles. The minimum Gasteiger partial charge on any atom is -0.325 e. The second kappa shape index (κ2) is 7.73. The lowest BCUT2D eigenvalue weighted by atomic mass is 10.3. The number of amides is 1. The van der Waals surface area contributed by atoms with E-state index >= 15 is 0 Å². The van der Waals surface area contributed by atoms with Gasteiger partial charge < -0.3 is 9.88 Å². The fourth-order valence-electron chi connectivity index (χ4n) is 2.89. The van der Waals surface area contributed by atoms with Gasteiger partial charge in [0.15, 0.2) is 0 Å². The number of rotatable bonds is 6. The quantitative estimate of drug-likeness (QED) is 0.689. The van der Waals surface area contributed by atoms with Gasteiger partial charge in [-0.3, -0.25) is 4.79 Å². The molecular formula is C20H24N4O3S. The highest BCUT2D eigenvalue weighted by Gasteiger charge is 2.22. The number of imidazole rings is 1. The second-order valence-electron chi connectivity index (χ2n) is 6.92. The van der Waals surface area contributed by atoms with Crippen LogP contribution in [-0.4, -0.2) is 41.3 Å². The summed E-state index contributed by atoms with van der Waals surface area (Å²) in [6.45, 7) is 5.61. The van der Waals surface area contributed by atoms with Gasteiger partial charge in [0.05, 0.1) is 15.9 Å². The van der Waals surface area contributed by atoms with Crippen molar-refractivity contribution in [3.05, 3.63) is 54.4 Å². The highest BCUT2D eigenvalue weighted by Crippen LogP contribution is 2.20. The van der Waals surface area contributed by atoms with E-state index in [1.54, 1.807) is 19.2 Å². The zero-order valence-corrected chi connectivity index (χ0v) is 17.2. The minimum absolute atomic E-state index is 0.127. The first-order chi connectivity index (χ1) is 13.2. The molecule has 1 N–H and O–H groups in total. The van der Waals surface area contributed by atoms with Crippen molar-refractivity contribution in [3.8, 4) is 0 Å². The van der Waals surface area contributed by atoms with Gasteiger partial charge in [0.1, 0.15) is 12.4 Å². The lowest BCUT2D eigenvalue weighted by Crippen LogP contribution is -2.33. The molecule has 1 aromatic heterocycles. The van der Waals surface area contributed by atoms with Crippen molar-refractivity contribution in [2.75, 3.05) is 12.4 Å².